The monoisotopic (exact) mass is 366 g/mol. The maximum absolute atomic E-state index is 12.7. The summed E-state index contributed by atoms with van der Waals surface area (Å²) in [5, 5.41) is 8.11. The maximum atomic E-state index is 12.7. The van der Waals surface area contributed by atoms with E-state index in [9.17, 15) is 18.3 Å². The summed E-state index contributed by atoms with van der Waals surface area (Å²) in [7, 11) is -3.84. The van der Waals surface area contributed by atoms with Gasteiger partial charge in [-0.3, -0.25) is 4.79 Å². The fourth-order valence-corrected chi connectivity index (χ4v) is 5.45. The zero-order valence-corrected chi connectivity index (χ0v) is 16.1. The third-order valence-corrected chi connectivity index (χ3v) is 7.70. The second kappa shape index (κ2) is 8.84. The third kappa shape index (κ3) is 5.30. The van der Waals surface area contributed by atoms with Gasteiger partial charge in [0.1, 0.15) is 0 Å². The third-order valence-electron chi connectivity index (χ3n) is 5.58. The molecule has 0 radical (unpaired) electrons. The second-order valence-electron chi connectivity index (χ2n) is 7.49. The molecule has 1 fully saturated rings. The molecule has 2 unspecified atom stereocenters. The predicted octanol–water partition coefficient (Wildman–Crippen LogP) is 4.61. The van der Waals surface area contributed by atoms with Crippen molar-refractivity contribution in [1.82, 2.24) is 0 Å². The minimum Gasteiger partial charge on any atom is -0.480 e. The first-order valence-electron chi connectivity index (χ1n) is 9.35. The van der Waals surface area contributed by atoms with E-state index in [1.54, 1.807) is 12.1 Å². The van der Waals surface area contributed by atoms with Crippen LogP contribution in [0.5, 0.6) is 0 Å². The van der Waals surface area contributed by atoms with E-state index < -0.39 is 21.1 Å². The number of carboxylic acid groups (broad SMARTS) is 1. The topological polar surface area (TPSA) is 71.4 Å². The Hall–Kier alpha value is -1.36. The van der Waals surface area contributed by atoms with E-state index >= 15 is 0 Å². The van der Waals surface area contributed by atoms with Crippen LogP contribution in [0.4, 0.5) is 0 Å². The summed E-state index contributed by atoms with van der Waals surface area (Å²) in [5.74, 6) is 0.00783. The van der Waals surface area contributed by atoms with Crippen LogP contribution >= 0.6 is 0 Å². The maximum Gasteiger partial charge on any atom is 0.322 e. The van der Waals surface area contributed by atoms with E-state index in [1.807, 2.05) is 6.92 Å². The summed E-state index contributed by atoms with van der Waals surface area (Å²) in [6.45, 7) is 4.10. The molecule has 0 heterocycles. The van der Waals surface area contributed by atoms with Gasteiger partial charge in [0.05, 0.1) is 4.90 Å². The van der Waals surface area contributed by atoms with Crippen LogP contribution in [0, 0.1) is 18.8 Å². The van der Waals surface area contributed by atoms with Crippen LogP contribution in [0.3, 0.4) is 0 Å². The van der Waals surface area contributed by atoms with Crippen LogP contribution in [0.25, 0.3) is 0 Å². The summed E-state index contributed by atoms with van der Waals surface area (Å²) in [4.78, 5) is 11.7. The molecular weight excluding hydrogens is 336 g/mol. The summed E-state index contributed by atoms with van der Waals surface area (Å²) >= 11 is 0. The Kier molecular flexibility index (Phi) is 7.05. The molecule has 1 aliphatic carbocycles. The van der Waals surface area contributed by atoms with Crippen LogP contribution in [-0.2, 0) is 14.6 Å². The van der Waals surface area contributed by atoms with Crippen molar-refractivity contribution >= 4 is 15.8 Å². The average molecular weight is 367 g/mol. The van der Waals surface area contributed by atoms with Crippen molar-refractivity contribution < 1.29 is 18.3 Å². The van der Waals surface area contributed by atoms with E-state index in [-0.39, 0.29) is 11.3 Å². The molecule has 0 spiro atoms. The molecule has 1 aromatic rings. The van der Waals surface area contributed by atoms with Crippen LogP contribution in [0.15, 0.2) is 29.2 Å². The molecule has 140 valence electrons. The van der Waals surface area contributed by atoms with Gasteiger partial charge in [-0.05, 0) is 37.3 Å². The van der Waals surface area contributed by atoms with Gasteiger partial charge < -0.3 is 5.11 Å². The Bertz CT molecular complexity index is 657. The summed E-state index contributed by atoms with van der Waals surface area (Å²) in [6.07, 6.45) is 8.12. The van der Waals surface area contributed by atoms with Crippen molar-refractivity contribution in [2.45, 2.75) is 75.4 Å². The zero-order valence-electron chi connectivity index (χ0n) is 15.3. The second-order valence-corrected chi connectivity index (χ2v) is 9.62. The Balaban J connectivity index is 1.98. The number of sulfone groups is 1. The summed E-state index contributed by atoms with van der Waals surface area (Å²) in [6, 6.07) is 6.42. The number of carbonyl (C=O) groups is 1. The Morgan fingerprint density at radius 2 is 1.72 bits per heavy atom. The van der Waals surface area contributed by atoms with Crippen LogP contribution < -0.4 is 0 Å². The first-order valence-corrected chi connectivity index (χ1v) is 10.9. The largest absolute Gasteiger partial charge is 0.480 e. The summed E-state index contributed by atoms with van der Waals surface area (Å²) < 4.78 is 25.4. The summed E-state index contributed by atoms with van der Waals surface area (Å²) in [5.41, 5.74) is 0.951. The van der Waals surface area contributed by atoms with Gasteiger partial charge in [-0.2, -0.15) is 0 Å². The van der Waals surface area contributed by atoms with Crippen molar-refractivity contribution in [3.63, 3.8) is 0 Å². The molecule has 1 N–H and O–H groups in total. The lowest BCUT2D eigenvalue weighted by Gasteiger charge is -2.27. The average Bonchev–Trinajstić information content (AvgIpc) is 2.59. The molecule has 0 aliphatic heterocycles. The van der Waals surface area contributed by atoms with Gasteiger partial charge in [0.2, 0.25) is 0 Å². The first kappa shape index (κ1) is 20.0. The smallest absolute Gasteiger partial charge is 0.322 e. The van der Waals surface area contributed by atoms with Crippen molar-refractivity contribution in [3.8, 4) is 0 Å². The highest BCUT2D eigenvalue weighted by atomic mass is 32.2. The van der Waals surface area contributed by atoms with Crippen LogP contribution in [0.1, 0.15) is 63.9 Å². The number of rotatable bonds is 8. The first-order chi connectivity index (χ1) is 11.8. The van der Waals surface area contributed by atoms with Gasteiger partial charge in [0, 0.05) is 0 Å². The highest BCUT2D eigenvalue weighted by Gasteiger charge is 2.33. The molecule has 5 heteroatoms. The van der Waals surface area contributed by atoms with Gasteiger partial charge in [0.25, 0.3) is 0 Å². The Labute approximate surface area is 151 Å². The molecule has 25 heavy (non-hydrogen) atoms. The molecule has 0 bridgehead atoms. The Morgan fingerprint density at radius 3 is 2.28 bits per heavy atom. The predicted molar refractivity (Wildman–Crippen MR) is 99.4 cm³/mol. The van der Waals surface area contributed by atoms with Crippen molar-refractivity contribution in [2.75, 3.05) is 0 Å². The van der Waals surface area contributed by atoms with Crippen LogP contribution in [0.2, 0.25) is 0 Å². The molecule has 2 atom stereocenters. The SMILES string of the molecule is Cc1ccc(S(=O)(=O)C(CCCC(C)C2CCCCC2)C(=O)O)cc1. The molecule has 0 amide bonds. The van der Waals surface area contributed by atoms with E-state index in [0.29, 0.717) is 18.3 Å². The molecule has 1 saturated carbocycles. The molecule has 4 nitrogen and oxygen atoms in total. The number of aliphatic carboxylic acids is 1. The van der Waals surface area contributed by atoms with E-state index in [0.717, 1.165) is 12.0 Å². The van der Waals surface area contributed by atoms with E-state index in [2.05, 4.69) is 6.92 Å². The van der Waals surface area contributed by atoms with Gasteiger partial charge >= 0.3 is 5.97 Å². The number of hydrogen-bond donors (Lipinski definition) is 1. The quantitative estimate of drug-likeness (QED) is 0.729. The molecule has 1 aromatic carbocycles. The van der Waals surface area contributed by atoms with E-state index in [1.165, 1.54) is 44.2 Å². The lowest BCUT2D eigenvalue weighted by Crippen LogP contribution is -2.30. The number of aryl methyl sites for hydroxylation is 1. The lowest BCUT2D eigenvalue weighted by atomic mass is 9.79. The normalized spacial score (nSPS) is 18.6. The molecular formula is C20H30O4S. The van der Waals surface area contributed by atoms with E-state index in [4.69, 9.17) is 0 Å². The number of carboxylic acids is 1. The van der Waals surface area contributed by atoms with Gasteiger partial charge in [-0.1, -0.05) is 69.6 Å². The zero-order chi connectivity index (χ0) is 18.4. The fourth-order valence-electron chi connectivity index (χ4n) is 3.87. The van der Waals surface area contributed by atoms with Gasteiger partial charge in [0.15, 0.2) is 15.1 Å². The lowest BCUT2D eigenvalue weighted by molar-refractivity contribution is -0.136. The fraction of sp³-hybridized carbons (Fsp3) is 0.650. The molecule has 0 aromatic heterocycles. The Morgan fingerprint density at radius 1 is 1.12 bits per heavy atom. The van der Waals surface area contributed by atoms with Crippen LogP contribution in [-0.4, -0.2) is 24.7 Å². The highest BCUT2D eigenvalue weighted by Crippen LogP contribution is 2.33. The minimum atomic E-state index is -3.84. The van der Waals surface area contributed by atoms with Crippen molar-refractivity contribution in [3.05, 3.63) is 29.8 Å². The number of hydrogen-bond acceptors (Lipinski definition) is 3. The highest BCUT2D eigenvalue weighted by molar-refractivity contribution is 7.92. The standard InChI is InChI=1S/C20H30O4S/c1-15-11-13-18(14-12-15)25(23,24)19(20(21)22)10-6-7-16(2)17-8-4-3-5-9-17/h11-14,16-17,19H,3-10H2,1-2H3,(H,21,22). The van der Waals surface area contributed by atoms with Crippen molar-refractivity contribution in [1.29, 1.82) is 0 Å². The minimum absolute atomic E-state index is 0.103. The molecule has 1 aliphatic rings. The molecule has 0 saturated heterocycles. The van der Waals surface area contributed by atoms with Crippen molar-refractivity contribution in [2.24, 2.45) is 11.8 Å². The van der Waals surface area contributed by atoms with Gasteiger partial charge in [-0.15, -0.1) is 0 Å². The van der Waals surface area contributed by atoms with Gasteiger partial charge in [-0.25, -0.2) is 8.42 Å². The molecule has 2 rings (SSSR count). The number of benzene rings is 1.